The van der Waals surface area contributed by atoms with E-state index in [1.807, 2.05) is 0 Å². The average Bonchev–Trinajstić information content (AvgIpc) is 3.30. The first kappa shape index (κ1) is 22.3. The Bertz CT molecular complexity index is 1330. The van der Waals surface area contributed by atoms with E-state index >= 15 is 0 Å². The molecule has 2 aliphatic rings. The van der Waals surface area contributed by atoms with Gasteiger partial charge in [-0.05, 0) is 29.8 Å². The summed E-state index contributed by atoms with van der Waals surface area (Å²) in [7, 11) is -3.76. The van der Waals surface area contributed by atoms with Crippen LogP contribution in [0.1, 0.15) is 15.9 Å². The Morgan fingerprint density at radius 2 is 1.76 bits per heavy atom. The zero-order chi connectivity index (χ0) is 23.9. The maximum atomic E-state index is 13.1. The fourth-order valence-corrected chi connectivity index (χ4v) is 5.78. The predicted molar refractivity (Wildman–Crippen MR) is 120 cm³/mol. The molecule has 2 bridgehead atoms. The molecular formula is C22H23N5O6S. The van der Waals surface area contributed by atoms with E-state index in [-0.39, 0.29) is 43.5 Å². The van der Waals surface area contributed by atoms with Crippen molar-refractivity contribution in [3.8, 4) is 0 Å². The van der Waals surface area contributed by atoms with Gasteiger partial charge in [0, 0.05) is 38.2 Å². The third kappa shape index (κ3) is 4.34. The molecule has 178 valence electrons. The Hall–Kier alpha value is -3.48. The maximum absolute atomic E-state index is 13.1. The zero-order valence-electron chi connectivity index (χ0n) is 18.1. The summed E-state index contributed by atoms with van der Waals surface area (Å²) in [6, 6.07) is 9.82. The second-order valence-electron chi connectivity index (χ2n) is 8.33. The smallest absolute Gasteiger partial charge is 0.407 e. The Morgan fingerprint density at radius 1 is 1.06 bits per heavy atom. The van der Waals surface area contributed by atoms with E-state index < -0.39 is 28.3 Å². The normalized spacial score (nSPS) is 20.9. The number of carboxylic acid groups (broad SMARTS) is 1. The first-order valence-corrected chi connectivity index (χ1v) is 12.2. The fraction of sp³-hybridized carbons (Fsp3) is 0.318. The van der Waals surface area contributed by atoms with Crippen molar-refractivity contribution < 1.29 is 27.9 Å². The third-order valence-electron chi connectivity index (χ3n) is 5.98. The minimum absolute atomic E-state index is 0.0989. The molecule has 4 heterocycles. The predicted octanol–water partition coefficient (Wildman–Crippen LogP) is 1.02. The number of rotatable bonds is 5. The summed E-state index contributed by atoms with van der Waals surface area (Å²) in [6.45, 7) is 0.728. The van der Waals surface area contributed by atoms with E-state index in [2.05, 4.69) is 10.3 Å². The molecule has 2 atom stereocenters. The molecule has 0 saturated carbocycles. The number of ether oxygens (including phenoxy) is 1. The summed E-state index contributed by atoms with van der Waals surface area (Å²) >= 11 is 0. The molecule has 0 radical (unpaired) electrons. The van der Waals surface area contributed by atoms with Crippen molar-refractivity contribution in [2.24, 2.45) is 0 Å². The Balaban J connectivity index is 1.22. The highest BCUT2D eigenvalue weighted by Crippen LogP contribution is 2.25. The van der Waals surface area contributed by atoms with Crippen LogP contribution in [0.4, 0.5) is 4.79 Å². The third-order valence-corrected chi connectivity index (χ3v) is 7.83. The molecule has 3 aromatic rings. The van der Waals surface area contributed by atoms with Crippen LogP contribution in [0.5, 0.6) is 0 Å². The zero-order valence-corrected chi connectivity index (χ0v) is 18.9. The van der Waals surface area contributed by atoms with E-state index in [0.29, 0.717) is 5.56 Å². The molecule has 2 amide bonds. The minimum Gasteiger partial charge on any atom is -0.465 e. The number of amides is 2. The number of sulfonamides is 1. The number of nitrogens with one attached hydrogen (secondary N) is 1. The number of aromatic nitrogens is 2. The van der Waals surface area contributed by atoms with E-state index in [1.54, 1.807) is 47.3 Å². The van der Waals surface area contributed by atoms with Crippen molar-refractivity contribution in [2.45, 2.75) is 23.6 Å². The van der Waals surface area contributed by atoms with E-state index in [9.17, 15) is 23.1 Å². The van der Waals surface area contributed by atoms with Crippen LogP contribution in [-0.2, 0) is 21.3 Å². The van der Waals surface area contributed by atoms with E-state index in [0.717, 1.165) is 11.2 Å². The van der Waals surface area contributed by atoms with Crippen molar-refractivity contribution in [1.82, 2.24) is 23.9 Å². The summed E-state index contributed by atoms with van der Waals surface area (Å²) in [5.74, 6) is -0.248. The van der Waals surface area contributed by atoms with Crippen LogP contribution < -0.4 is 5.32 Å². The van der Waals surface area contributed by atoms with Gasteiger partial charge in [0.15, 0.2) is 0 Å². The molecule has 0 spiro atoms. The van der Waals surface area contributed by atoms with Gasteiger partial charge in [-0.3, -0.25) is 4.79 Å². The van der Waals surface area contributed by atoms with Gasteiger partial charge in [-0.2, -0.15) is 4.31 Å². The van der Waals surface area contributed by atoms with E-state index in [4.69, 9.17) is 4.74 Å². The summed E-state index contributed by atoms with van der Waals surface area (Å²) in [5, 5.41) is 12.0. The van der Waals surface area contributed by atoms with Gasteiger partial charge in [0.05, 0.1) is 35.8 Å². The van der Waals surface area contributed by atoms with E-state index in [1.165, 1.54) is 21.3 Å². The van der Waals surface area contributed by atoms with Gasteiger partial charge in [0.2, 0.25) is 10.0 Å². The number of hydrogen-bond acceptors (Lipinski definition) is 6. The topological polar surface area (TPSA) is 134 Å². The summed E-state index contributed by atoms with van der Waals surface area (Å²) in [5.41, 5.74) is 1.99. The van der Waals surface area contributed by atoms with Gasteiger partial charge in [0.1, 0.15) is 5.65 Å². The van der Waals surface area contributed by atoms with Crippen molar-refractivity contribution >= 4 is 27.7 Å². The van der Waals surface area contributed by atoms with Crippen molar-refractivity contribution in [3.63, 3.8) is 0 Å². The Morgan fingerprint density at radius 3 is 2.44 bits per heavy atom. The van der Waals surface area contributed by atoms with Crippen LogP contribution in [0.25, 0.3) is 5.65 Å². The number of imidazole rings is 1. The molecule has 34 heavy (non-hydrogen) atoms. The molecule has 2 aliphatic heterocycles. The molecule has 2 saturated heterocycles. The number of hydrogen-bond donors (Lipinski definition) is 2. The summed E-state index contributed by atoms with van der Waals surface area (Å²) < 4.78 is 35.1. The van der Waals surface area contributed by atoms with Crippen LogP contribution in [0, 0.1) is 0 Å². The van der Waals surface area contributed by atoms with Crippen LogP contribution in [0.2, 0.25) is 0 Å². The highest BCUT2D eigenvalue weighted by molar-refractivity contribution is 7.89. The monoisotopic (exact) mass is 485 g/mol. The number of benzene rings is 1. The lowest BCUT2D eigenvalue weighted by Crippen LogP contribution is -2.61. The van der Waals surface area contributed by atoms with Gasteiger partial charge in [-0.1, -0.05) is 12.1 Å². The number of carbonyl (C=O) groups is 2. The Kier molecular flexibility index (Phi) is 5.71. The van der Waals surface area contributed by atoms with Crippen LogP contribution >= 0.6 is 0 Å². The van der Waals surface area contributed by atoms with Crippen molar-refractivity contribution in [1.29, 1.82) is 0 Å². The lowest BCUT2D eigenvalue weighted by atomic mass is 10.1. The average molecular weight is 486 g/mol. The van der Waals surface area contributed by atoms with Crippen molar-refractivity contribution in [2.75, 3.05) is 26.2 Å². The lowest BCUT2D eigenvalue weighted by molar-refractivity contribution is -0.115. The second-order valence-corrected chi connectivity index (χ2v) is 10.3. The molecule has 1 aromatic carbocycles. The first-order valence-electron chi connectivity index (χ1n) is 10.7. The SMILES string of the molecule is O=C(NCc1ccc(S(=O)(=O)N2C[C@H]3CN(C(=O)O)C[C@@H](C2)O3)cc1)c1ccc2nccn2c1. The quantitative estimate of drug-likeness (QED) is 0.551. The number of fused-ring (bicyclic) bond motifs is 3. The van der Waals surface area contributed by atoms with Gasteiger partial charge in [-0.15, -0.1) is 0 Å². The summed E-state index contributed by atoms with van der Waals surface area (Å²) in [4.78, 5) is 29.3. The molecule has 12 heteroatoms. The maximum Gasteiger partial charge on any atom is 0.407 e. The first-order chi connectivity index (χ1) is 16.3. The highest BCUT2D eigenvalue weighted by Gasteiger charge is 2.41. The highest BCUT2D eigenvalue weighted by atomic mass is 32.2. The number of pyridine rings is 1. The summed E-state index contributed by atoms with van der Waals surface area (Å²) in [6.07, 6.45) is 3.10. The molecule has 0 aliphatic carbocycles. The number of carbonyl (C=O) groups excluding carboxylic acids is 1. The molecule has 2 N–H and O–H groups in total. The van der Waals surface area contributed by atoms with Crippen LogP contribution in [0.3, 0.4) is 0 Å². The largest absolute Gasteiger partial charge is 0.465 e. The molecule has 0 unspecified atom stereocenters. The molecular weight excluding hydrogens is 462 g/mol. The van der Waals surface area contributed by atoms with Gasteiger partial charge in [-0.25, -0.2) is 18.2 Å². The van der Waals surface area contributed by atoms with Crippen molar-refractivity contribution in [3.05, 3.63) is 66.1 Å². The fourth-order valence-electron chi connectivity index (χ4n) is 4.27. The standard InChI is InChI=1S/C22H23N5O6S/c28-21(16-3-6-20-23-7-8-25(20)10-16)24-9-15-1-4-19(5-2-15)34(31,32)27-13-17-11-26(22(29)30)12-18(14-27)33-17/h1-8,10,17-18H,9,11-14H2,(H,24,28)(H,29,30)/t17-,18+. The van der Waals surface area contributed by atoms with Gasteiger partial charge >= 0.3 is 6.09 Å². The second kappa shape index (κ2) is 8.70. The molecule has 5 rings (SSSR count). The lowest BCUT2D eigenvalue weighted by Gasteiger charge is -2.44. The van der Waals surface area contributed by atoms with Crippen LogP contribution in [-0.4, -0.2) is 82.5 Å². The minimum atomic E-state index is -3.76. The van der Waals surface area contributed by atoms with Crippen LogP contribution in [0.15, 0.2) is 59.9 Å². The molecule has 2 fully saturated rings. The Labute approximate surface area is 195 Å². The van der Waals surface area contributed by atoms with Gasteiger partial charge < -0.3 is 24.5 Å². The number of morpholine rings is 2. The van der Waals surface area contributed by atoms with Gasteiger partial charge in [0.25, 0.3) is 5.91 Å². The molecule has 11 nitrogen and oxygen atoms in total. The molecule has 2 aromatic heterocycles. The number of nitrogens with zero attached hydrogens (tertiary/aromatic N) is 4.